The maximum atomic E-state index is 12.9. The summed E-state index contributed by atoms with van der Waals surface area (Å²) in [5.74, 6) is 4.82. The number of rotatable bonds is 10. The Bertz CT molecular complexity index is 761. The highest BCUT2D eigenvalue weighted by atomic mass is 16.3. The molecule has 0 heterocycles. The lowest BCUT2D eigenvalue weighted by Gasteiger charge is -2.32. The molecule has 0 aliphatic heterocycles. The number of hydrogen-bond acceptors (Lipinski definition) is 6. The molecule has 0 bridgehead atoms. The zero-order chi connectivity index (χ0) is 21.8. The Labute approximate surface area is 172 Å². The molecule has 0 saturated heterocycles. The third kappa shape index (κ3) is 6.85. The summed E-state index contributed by atoms with van der Waals surface area (Å²) in [6.45, 7) is 8.12. The van der Waals surface area contributed by atoms with Crippen LogP contribution in [0.1, 0.15) is 20.3 Å². The van der Waals surface area contributed by atoms with Gasteiger partial charge in [0, 0.05) is 17.8 Å². The number of likely N-dealkylation sites (N-methyl/N-ethyl adjacent to an activating group) is 1. The first-order chi connectivity index (χ1) is 13.9. The molecule has 1 aliphatic rings. The van der Waals surface area contributed by atoms with E-state index in [1.165, 1.54) is 0 Å². The third-order valence-electron chi connectivity index (χ3n) is 4.55. The van der Waals surface area contributed by atoms with Crippen molar-refractivity contribution in [2.75, 3.05) is 20.3 Å². The number of carbonyl (C=O) groups is 1. The maximum absolute atomic E-state index is 12.9. The summed E-state index contributed by atoms with van der Waals surface area (Å²) >= 11 is 0. The lowest BCUT2D eigenvalue weighted by molar-refractivity contribution is -0.123. The molecule has 0 aromatic carbocycles. The van der Waals surface area contributed by atoms with Gasteiger partial charge in [-0.2, -0.15) is 5.10 Å². The van der Waals surface area contributed by atoms with Crippen molar-refractivity contribution in [3.8, 4) is 0 Å². The fraction of sp³-hybridized carbons (Fsp3) is 0.381. The zero-order valence-corrected chi connectivity index (χ0v) is 17.4. The van der Waals surface area contributed by atoms with Crippen LogP contribution in [0.2, 0.25) is 0 Å². The van der Waals surface area contributed by atoms with Crippen molar-refractivity contribution in [2.24, 2.45) is 27.6 Å². The highest BCUT2D eigenvalue weighted by Gasteiger charge is 2.30. The van der Waals surface area contributed by atoms with Crippen LogP contribution in [-0.2, 0) is 4.79 Å². The van der Waals surface area contributed by atoms with E-state index < -0.39 is 5.92 Å². The van der Waals surface area contributed by atoms with Crippen LogP contribution in [0.15, 0.2) is 70.5 Å². The van der Waals surface area contributed by atoms with Crippen LogP contribution in [0.5, 0.6) is 0 Å². The Balaban J connectivity index is 3.04. The molecule has 158 valence electrons. The van der Waals surface area contributed by atoms with E-state index >= 15 is 0 Å². The molecule has 29 heavy (non-hydrogen) atoms. The lowest BCUT2D eigenvalue weighted by atomic mass is 9.89. The van der Waals surface area contributed by atoms with Crippen LogP contribution < -0.4 is 16.9 Å². The molecule has 8 nitrogen and oxygen atoms in total. The molecule has 1 rings (SSSR count). The Morgan fingerprint density at radius 3 is 2.76 bits per heavy atom. The first-order valence-electron chi connectivity index (χ1n) is 9.48. The molecule has 0 radical (unpaired) electrons. The minimum Gasteiger partial charge on any atom is -0.382 e. The molecule has 8 heteroatoms. The molecule has 0 aromatic heterocycles. The standard InChI is InChI=1S/C21H32N6O2/c1-5-12-27(4)19-9-8-16(20(22)26-23)13-17(19)21(29)24-11-10-15(6-2)18(7-3)25-14-28/h6-11,13,17,19,28H,3,5,12,14,23H2,1-2,4H3,(H2,22,26)(H,24,29)/b11-10+,15-6-,25-18?. The molecule has 1 aliphatic carbocycles. The lowest BCUT2D eigenvalue weighted by Crippen LogP contribution is -2.44. The van der Waals surface area contributed by atoms with Gasteiger partial charge in [0.2, 0.25) is 5.91 Å². The van der Waals surface area contributed by atoms with Crippen molar-refractivity contribution in [2.45, 2.75) is 26.3 Å². The Morgan fingerprint density at radius 2 is 2.21 bits per heavy atom. The number of nitrogens with two attached hydrogens (primary N) is 2. The smallest absolute Gasteiger partial charge is 0.232 e. The number of aliphatic hydroxyl groups is 1. The van der Waals surface area contributed by atoms with Crippen molar-refractivity contribution < 1.29 is 9.90 Å². The average Bonchev–Trinajstić information content (AvgIpc) is 2.74. The monoisotopic (exact) mass is 400 g/mol. The normalized spacial score (nSPS) is 20.9. The Morgan fingerprint density at radius 1 is 1.48 bits per heavy atom. The number of hydrazone groups is 1. The van der Waals surface area contributed by atoms with Crippen LogP contribution >= 0.6 is 0 Å². The van der Waals surface area contributed by atoms with E-state index in [-0.39, 0.29) is 24.5 Å². The van der Waals surface area contributed by atoms with Crippen LogP contribution in [-0.4, -0.2) is 53.8 Å². The number of aliphatic hydroxyl groups excluding tert-OH is 1. The number of aliphatic imine (C=N–C) groups is 1. The Hall–Kier alpha value is -2.97. The van der Waals surface area contributed by atoms with Crippen molar-refractivity contribution >= 4 is 17.5 Å². The number of nitrogens with zero attached hydrogens (tertiary/aromatic N) is 3. The van der Waals surface area contributed by atoms with Crippen molar-refractivity contribution in [3.63, 3.8) is 0 Å². The van der Waals surface area contributed by atoms with Crippen LogP contribution in [0.3, 0.4) is 0 Å². The van der Waals surface area contributed by atoms with Crippen LogP contribution in [0.4, 0.5) is 0 Å². The predicted molar refractivity (Wildman–Crippen MR) is 119 cm³/mol. The summed E-state index contributed by atoms with van der Waals surface area (Å²) < 4.78 is 0. The molecule has 0 saturated carbocycles. The fourth-order valence-corrected chi connectivity index (χ4v) is 3.06. The summed E-state index contributed by atoms with van der Waals surface area (Å²) in [5.41, 5.74) is 7.71. The summed E-state index contributed by atoms with van der Waals surface area (Å²) in [7, 11) is 1.98. The van der Waals surface area contributed by atoms with Gasteiger partial charge >= 0.3 is 0 Å². The van der Waals surface area contributed by atoms with Gasteiger partial charge in [-0.3, -0.25) is 14.7 Å². The van der Waals surface area contributed by atoms with E-state index in [4.69, 9.17) is 16.7 Å². The highest BCUT2D eigenvalue weighted by Crippen LogP contribution is 2.22. The summed E-state index contributed by atoms with van der Waals surface area (Å²) in [5, 5.41) is 15.3. The quantitative estimate of drug-likeness (QED) is 0.144. The average molecular weight is 401 g/mol. The number of allylic oxidation sites excluding steroid dienone is 4. The van der Waals surface area contributed by atoms with E-state index in [1.54, 1.807) is 24.4 Å². The largest absolute Gasteiger partial charge is 0.382 e. The molecule has 2 unspecified atom stereocenters. The maximum Gasteiger partial charge on any atom is 0.232 e. The number of carbonyl (C=O) groups excluding carboxylic acids is 1. The molecular weight excluding hydrogens is 368 g/mol. The third-order valence-corrected chi connectivity index (χ3v) is 4.55. The number of amidine groups is 1. The van der Waals surface area contributed by atoms with Gasteiger partial charge in [-0.25, -0.2) is 0 Å². The molecule has 6 N–H and O–H groups in total. The Kier molecular flexibility index (Phi) is 10.4. The first-order valence-corrected chi connectivity index (χ1v) is 9.48. The molecule has 2 atom stereocenters. The first kappa shape index (κ1) is 24.1. The van der Waals surface area contributed by atoms with Crippen molar-refractivity contribution in [3.05, 3.63) is 60.4 Å². The van der Waals surface area contributed by atoms with E-state index in [1.807, 2.05) is 32.2 Å². The highest BCUT2D eigenvalue weighted by molar-refractivity contribution is 6.10. The van der Waals surface area contributed by atoms with Gasteiger partial charge in [-0.1, -0.05) is 37.8 Å². The zero-order valence-electron chi connectivity index (χ0n) is 17.4. The van der Waals surface area contributed by atoms with Gasteiger partial charge in [-0.15, -0.1) is 0 Å². The molecule has 0 aromatic rings. The predicted octanol–water partition coefficient (Wildman–Crippen LogP) is 1.19. The van der Waals surface area contributed by atoms with Gasteiger partial charge in [0.1, 0.15) is 12.6 Å². The van der Waals surface area contributed by atoms with Gasteiger partial charge in [0.15, 0.2) is 0 Å². The minimum absolute atomic E-state index is 0.112. The summed E-state index contributed by atoms with van der Waals surface area (Å²) in [6, 6.07) is -0.112. The summed E-state index contributed by atoms with van der Waals surface area (Å²) in [6.07, 6.45) is 13.1. The minimum atomic E-state index is -0.462. The number of hydrogen-bond donors (Lipinski definition) is 4. The van der Waals surface area contributed by atoms with Gasteiger partial charge < -0.3 is 22.0 Å². The second kappa shape index (κ2) is 12.5. The molecule has 0 spiro atoms. The van der Waals surface area contributed by atoms with E-state index in [0.717, 1.165) is 18.5 Å². The van der Waals surface area contributed by atoms with E-state index in [9.17, 15) is 4.79 Å². The van der Waals surface area contributed by atoms with Gasteiger partial charge in [0.25, 0.3) is 0 Å². The molecule has 0 fully saturated rings. The van der Waals surface area contributed by atoms with Crippen LogP contribution in [0.25, 0.3) is 0 Å². The fourth-order valence-electron chi connectivity index (χ4n) is 3.06. The van der Waals surface area contributed by atoms with E-state index in [0.29, 0.717) is 11.3 Å². The topological polar surface area (TPSA) is 129 Å². The number of nitrogens with one attached hydrogen (secondary N) is 1. The second-order valence-electron chi connectivity index (χ2n) is 6.47. The van der Waals surface area contributed by atoms with Gasteiger partial charge in [-0.05, 0) is 44.7 Å². The SMILES string of the molecule is C=CC(=NCO)C(=C\C)/C=C/NC(=O)C1C=C(/C(N)=N/N)C=CC1N(C)CCC. The molecule has 1 amide bonds. The van der Waals surface area contributed by atoms with Crippen molar-refractivity contribution in [1.29, 1.82) is 0 Å². The number of amides is 1. The molecular formula is C21H32N6O2. The van der Waals surface area contributed by atoms with E-state index in [2.05, 4.69) is 33.8 Å². The van der Waals surface area contributed by atoms with Gasteiger partial charge in [0.05, 0.1) is 11.6 Å². The van der Waals surface area contributed by atoms with Crippen LogP contribution in [0, 0.1) is 5.92 Å². The second-order valence-corrected chi connectivity index (χ2v) is 6.47. The summed E-state index contributed by atoms with van der Waals surface area (Å²) in [4.78, 5) is 19.0. The van der Waals surface area contributed by atoms with Crippen molar-refractivity contribution in [1.82, 2.24) is 10.2 Å².